The van der Waals surface area contributed by atoms with E-state index in [-0.39, 0.29) is 23.4 Å². The van der Waals surface area contributed by atoms with Gasteiger partial charge in [-0.15, -0.1) is 0 Å². The molecule has 8 nitrogen and oxygen atoms in total. The van der Waals surface area contributed by atoms with Crippen LogP contribution in [0.2, 0.25) is 0 Å². The van der Waals surface area contributed by atoms with E-state index in [1.54, 1.807) is 18.2 Å². The molecule has 1 amide bonds. The number of amides is 1. The minimum absolute atomic E-state index is 0.0168. The lowest BCUT2D eigenvalue weighted by atomic mass is 9.94. The fourth-order valence-corrected chi connectivity index (χ4v) is 4.75. The van der Waals surface area contributed by atoms with Gasteiger partial charge in [0.05, 0.1) is 38.5 Å². The minimum Gasteiger partial charge on any atom is -0.507 e. The molecule has 0 bridgehead atoms. The van der Waals surface area contributed by atoms with Gasteiger partial charge in [-0.2, -0.15) is 0 Å². The van der Waals surface area contributed by atoms with Crippen LogP contribution in [0, 0.1) is 5.82 Å². The van der Waals surface area contributed by atoms with Crippen LogP contribution >= 0.6 is 0 Å². The highest BCUT2D eigenvalue weighted by Crippen LogP contribution is 2.44. The molecule has 2 heterocycles. The number of hydrogen-bond acceptors (Lipinski definition) is 7. The van der Waals surface area contributed by atoms with Gasteiger partial charge in [-0.3, -0.25) is 9.59 Å². The zero-order valence-corrected chi connectivity index (χ0v) is 20.0. The normalized spacial score (nSPS) is 19.9. The molecular weight excluding hydrogens is 455 g/mol. The summed E-state index contributed by atoms with van der Waals surface area (Å²) in [6.07, 6.45) is 2.18. The number of rotatable bonds is 8. The van der Waals surface area contributed by atoms with Gasteiger partial charge in [-0.25, -0.2) is 4.39 Å². The summed E-state index contributed by atoms with van der Waals surface area (Å²) in [4.78, 5) is 30.2. The number of benzene rings is 2. The smallest absolute Gasteiger partial charge is 0.295 e. The highest BCUT2D eigenvalue weighted by molar-refractivity contribution is 6.46. The van der Waals surface area contributed by atoms with Gasteiger partial charge in [0.2, 0.25) is 0 Å². The quantitative estimate of drug-likeness (QED) is 0.349. The molecule has 4 rings (SSSR count). The molecule has 2 fully saturated rings. The van der Waals surface area contributed by atoms with Crippen LogP contribution in [0.5, 0.6) is 17.2 Å². The molecule has 0 aromatic heterocycles. The number of halogens is 1. The van der Waals surface area contributed by atoms with Gasteiger partial charge in [0.15, 0.2) is 0 Å². The maximum atomic E-state index is 14.1. The number of ketones is 1. The molecule has 1 unspecified atom stereocenters. The Bertz CT molecular complexity index is 1160. The first-order chi connectivity index (χ1) is 16.9. The second-order valence-corrected chi connectivity index (χ2v) is 8.49. The van der Waals surface area contributed by atoms with Crippen LogP contribution in [0.1, 0.15) is 30.0 Å². The zero-order valence-electron chi connectivity index (χ0n) is 20.0. The third kappa shape index (κ3) is 4.68. The van der Waals surface area contributed by atoms with Crippen molar-refractivity contribution in [2.45, 2.75) is 18.9 Å². The Morgan fingerprint density at radius 1 is 0.971 bits per heavy atom. The highest BCUT2D eigenvalue weighted by atomic mass is 19.1. The Balaban J connectivity index is 1.89. The maximum absolute atomic E-state index is 14.1. The summed E-state index contributed by atoms with van der Waals surface area (Å²) in [6.45, 7) is 2.71. The third-order valence-electron chi connectivity index (χ3n) is 6.54. The zero-order chi connectivity index (χ0) is 25.1. The van der Waals surface area contributed by atoms with Crippen LogP contribution in [0.15, 0.2) is 42.0 Å². The number of aliphatic hydroxyl groups excluding tert-OH is 1. The van der Waals surface area contributed by atoms with Gasteiger partial charge in [-0.1, -0.05) is 0 Å². The van der Waals surface area contributed by atoms with E-state index in [9.17, 15) is 19.1 Å². The van der Waals surface area contributed by atoms with E-state index in [0.717, 1.165) is 32.0 Å². The lowest BCUT2D eigenvalue weighted by Gasteiger charge is -2.28. The highest BCUT2D eigenvalue weighted by Gasteiger charge is 2.47. The number of carbonyl (C=O) groups is 2. The molecular formula is C26H29FN2O6. The van der Waals surface area contributed by atoms with Crippen LogP contribution in [0.25, 0.3) is 5.76 Å². The van der Waals surface area contributed by atoms with Crippen LogP contribution < -0.4 is 14.2 Å². The number of Topliss-reactive ketones (excluding diaryl/α,β-unsaturated/α-hetero) is 1. The summed E-state index contributed by atoms with van der Waals surface area (Å²) in [6, 6.07) is 7.71. The minimum atomic E-state index is -0.962. The molecule has 0 aliphatic carbocycles. The molecule has 9 heteroatoms. The molecule has 2 aromatic rings. The van der Waals surface area contributed by atoms with E-state index in [2.05, 4.69) is 4.90 Å². The molecule has 0 spiro atoms. The number of nitrogens with zero attached hydrogens (tertiary/aromatic N) is 2. The molecule has 0 radical (unpaired) electrons. The van der Waals surface area contributed by atoms with Crippen molar-refractivity contribution < 1.29 is 33.3 Å². The predicted molar refractivity (Wildman–Crippen MR) is 127 cm³/mol. The first kappa shape index (κ1) is 24.5. The van der Waals surface area contributed by atoms with E-state index >= 15 is 0 Å². The van der Waals surface area contributed by atoms with Crippen molar-refractivity contribution in [1.29, 1.82) is 0 Å². The molecule has 1 atom stereocenters. The average molecular weight is 485 g/mol. The van der Waals surface area contributed by atoms with Crippen molar-refractivity contribution in [3.63, 3.8) is 0 Å². The van der Waals surface area contributed by atoms with E-state index in [0.29, 0.717) is 23.6 Å². The van der Waals surface area contributed by atoms with Crippen molar-refractivity contribution in [2.75, 3.05) is 47.5 Å². The lowest BCUT2D eigenvalue weighted by Crippen LogP contribution is -2.37. The summed E-state index contributed by atoms with van der Waals surface area (Å²) >= 11 is 0. The number of methoxy groups -OCH3 is 3. The molecule has 2 aliphatic rings. The number of hydrogen-bond donors (Lipinski definition) is 1. The van der Waals surface area contributed by atoms with Crippen molar-refractivity contribution in [1.82, 2.24) is 9.80 Å². The van der Waals surface area contributed by atoms with Gasteiger partial charge >= 0.3 is 0 Å². The Morgan fingerprint density at radius 3 is 2.31 bits per heavy atom. The Hall–Kier alpha value is -3.59. The van der Waals surface area contributed by atoms with Crippen molar-refractivity contribution in [3.8, 4) is 17.2 Å². The van der Waals surface area contributed by atoms with E-state index < -0.39 is 29.3 Å². The fraction of sp³-hybridized carbons (Fsp3) is 0.385. The molecule has 2 aromatic carbocycles. The van der Waals surface area contributed by atoms with Crippen LogP contribution in [0.4, 0.5) is 4.39 Å². The van der Waals surface area contributed by atoms with Crippen LogP contribution in [0.3, 0.4) is 0 Å². The van der Waals surface area contributed by atoms with Crippen molar-refractivity contribution >= 4 is 17.4 Å². The van der Waals surface area contributed by atoms with Gasteiger partial charge in [0.25, 0.3) is 11.7 Å². The summed E-state index contributed by atoms with van der Waals surface area (Å²) in [5.41, 5.74) is 0.299. The SMILES string of the molecule is COc1ccc(OC)c(C2/C(=C(\O)c3cc(F)ccc3OC)C(=O)C(=O)N2CCN2CCCC2)c1. The van der Waals surface area contributed by atoms with Gasteiger partial charge in [0.1, 0.15) is 28.8 Å². The average Bonchev–Trinajstić information content (AvgIpc) is 3.48. The fourth-order valence-electron chi connectivity index (χ4n) is 4.75. The molecule has 2 aliphatic heterocycles. The number of carbonyl (C=O) groups excluding carboxylic acids is 2. The summed E-state index contributed by atoms with van der Waals surface area (Å²) in [5.74, 6) is -1.65. The van der Waals surface area contributed by atoms with Crippen LogP contribution in [-0.4, -0.2) is 74.1 Å². The van der Waals surface area contributed by atoms with Crippen LogP contribution in [-0.2, 0) is 9.59 Å². The number of likely N-dealkylation sites (tertiary alicyclic amines) is 2. The molecule has 2 saturated heterocycles. The summed E-state index contributed by atoms with van der Waals surface area (Å²) < 4.78 is 30.3. The van der Waals surface area contributed by atoms with Gasteiger partial charge in [0, 0.05) is 18.7 Å². The van der Waals surface area contributed by atoms with Crippen molar-refractivity contribution in [3.05, 3.63) is 58.9 Å². The second-order valence-electron chi connectivity index (χ2n) is 8.49. The maximum Gasteiger partial charge on any atom is 0.295 e. The monoisotopic (exact) mass is 484 g/mol. The summed E-state index contributed by atoms with van der Waals surface area (Å²) in [7, 11) is 4.37. The lowest BCUT2D eigenvalue weighted by molar-refractivity contribution is -0.140. The first-order valence-electron chi connectivity index (χ1n) is 11.5. The molecule has 186 valence electrons. The molecule has 0 saturated carbocycles. The summed E-state index contributed by atoms with van der Waals surface area (Å²) in [5, 5.41) is 11.3. The molecule has 35 heavy (non-hydrogen) atoms. The first-order valence-corrected chi connectivity index (χ1v) is 11.5. The predicted octanol–water partition coefficient (Wildman–Crippen LogP) is 3.37. The number of ether oxygens (including phenoxy) is 3. The largest absolute Gasteiger partial charge is 0.507 e. The van der Waals surface area contributed by atoms with Gasteiger partial charge < -0.3 is 29.1 Å². The Kier molecular flexibility index (Phi) is 7.25. The second kappa shape index (κ2) is 10.4. The number of aliphatic hydroxyl groups is 1. The van der Waals surface area contributed by atoms with Gasteiger partial charge in [-0.05, 0) is 62.3 Å². The standard InChI is InChI=1S/C26H29FN2O6/c1-33-17-7-9-20(34-2)18(15-17)23-22(24(30)19-14-16(27)6-8-21(19)35-3)25(31)26(32)29(23)13-12-28-10-4-5-11-28/h6-9,14-15,23,30H,4-5,10-13H2,1-3H3/b24-22+. The van der Waals surface area contributed by atoms with E-state index in [4.69, 9.17) is 14.2 Å². The van der Waals surface area contributed by atoms with Crippen molar-refractivity contribution in [2.24, 2.45) is 0 Å². The van der Waals surface area contributed by atoms with E-state index in [1.807, 2.05) is 0 Å². The topological polar surface area (TPSA) is 88.5 Å². The Labute approximate surface area is 203 Å². The Morgan fingerprint density at radius 2 is 1.66 bits per heavy atom. The third-order valence-corrected chi connectivity index (χ3v) is 6.54. The molecule has 1 N–H and O–H groups in total. The van der Waals surface area contributed by atoms with E-state index in [1.165, 1.54) is 38.4 Å².